The zero-order chi connectivity index (χ0) is 16.2. The molecule has 0 bridgehead atoms. The molecule has 0 unspecified atom stereocenters. The minimum Gasteiger partial charge on any atom is -0.496 e. The lowest BCUT2D eigenvalue weighted by atomic mass is 10.0. The van der Waals surface area contributed by atoms with Crippen molar-refractivity contribution in [2.75, 3.05) is 21.3 Å². The summed E-state index contributed by atoms with van der Waals surface area (Å²) >= 11 is 0. The van der Waals surface area contributed by atoms with Crippen LogP contribution in [0, 0.1) is 0 Å². The molecule has 2 atom stereocenters. The van der Waals surface area contributed by atoms with Gasteiger partial charge in [0, 0.05) is 18.1 Å². The summed E-state index contributed by atoms with van der Waals surface area (Å²) in [6, 6.07) is 0.660. The molecule has 0 fully saturated rings. The first-order valence-corrected chi connectivity index (χ1v) is 6.04. The Hall–Kier alpha value is -1.67. The van der Waals surface area contributed by atoms with Crippen molar-refractivity contribution in [3.63, 3.8) is 0 Å². The largest absolute Gasteiger partial charge is 0.496 e. The number of halogens is 3. The Kier molecular flexibility index (Phi) is 5.68. The van der Waals surface area contributed by atoms with E-state index in [0.29, 0.717) is 5.75 Å². The average molecular weight is 309 g/mol. The molecule has 0 amide bonds. The molecule has 21 heavy (non-hydrogen) atoms. The first-order valence-electron chi connectivity index (χ1n) is 6.04. The molecule has 0 saturated heterocycles. The summed E-state index contributed by atoms with van der Waals surface area (Å²) in [4.78, 5) is 0. The molecule has 0 aromatic heterocycles. The third kappa shape index (κ3) is 4.15. The number of hydrogen-bond acceptors (Lipinski definition) is 5. The Bertz CT molecular complexity index is 479. The van der Waals surface area contributed by atoms with Gasteiger partial charge in [0.2, 0.25) is 0 Å². The summed E-state index contributed by atoms with van der Waals surface area (Å²) in [5.41, 5.74) is 5.17. The molecule has 8 heteroatoms. The van der Waals surface area contributed by atoms with Gasteiger partial charge < -0.3 is 25.1 Å². The van der Waals surface area contributed by atoms with Crippen LogP contribution < -0.4 is 19.9 Å². The van der Waals surface area contributed by atoms with Crippen LogP contribution in [0.25, 0.3) is 0 Å². The van der Waals surface area contributed by atoms with E-state index in [9.17, 15) is 18.3 Å². The number of aliphatic hydroxyl groups is 1. The van der Waals surface area contributed by atoms with Gasteiger partial charge >= 0.3 is 6.18 Å². The number of benzene rings is 1. The van der Waals surface area contributed by atoms with Crippen molar-refractivity contribution < 1.29 is 32.5 Å². The minimum absolute atomic E-state index is 0.148. The highest BCUT2D eigenvalue weighted by Gasteiger charge is 2.38. The molecule has 0 radical (unpaired) electrons. The lowest BCUT2D eigenvalue weighted by Crippen LogP contribution is -2.38. The molecule has 0 heterocycles. The molecule has 0 aliphatic heterocycles. The van der Waals surface area contributed by atoms with Crippen molar-refractivity contribution in [1.82, 2.24) is 0 Å². The zero-order valence-electron chi connectivity index (χ0n) is 11.9. The predicted molar refractivity (Wildman–Crippen MR) is 69.7 cm³/mol. The summed E-state index contributed by atoms with van der Waals surface area (Å²) in [7, 11) is 4.12. The summed E-state index contributed by atoms with van der Waals surface area (Å²) in [6.07, 6.45) is -6.71. The Morgan fingerprint density at radius 1 is 1.05 bits per heavy atom. The monoisotopic (exact) mass is 309 g/mol. The van der Waals surface area contributed by atoms with E-state index in [0.717, 1.165) is 0 Å². The lowest BCUT2D eigenvalue weighted by Gasteiger charge is -2.21. The molecule has 120 valence electrons. The maximum atomic E-state index is 12.5. The van der Waals surface area contributed by atoms with Gasteiger partial charge in [0.15, 0.2) is 11.5 Å². The first kappa shape index (κ1) is 17.4. The molecule has 0 aliphatic rings. The molecule has 0 aliphatic carbocycles. The Morgan fingerprint density at radius 3 is 1.95 bits per heavy atom. The van der Waals surface area contributed by atoms with E-state index in [1.165, 1.54) is 33.5 Å². The number of ether oxygens (including phenoxy) is 3. The van der Waals surface area contributed by atoms with Gasteiger partial charge in [0.25, 0.3) is 0 Å². The van der Waals surface area contributed by atoms with Crippen LogP contribution in [0.15, 0.2) is 12.1 Å². The molecule has 3 N–H and O–H groups in total. The fraction of sp³-hybridized carbons (Fsp3) is 0.538. The van der Waals surface area contributed by atoms with E-state index >= 15 is 0 Å². The summed E-state index contributed by atoms with van der Waals surface area (Å²) < 4.78 is 52.5. The maximum Gasteiger partial charge on any atom is 0.403 e. The molecule has 1 aromatic carbocycles. The van der Waals surface area contributed by atoms with E-state index in [4.69, 9.17) is 19.9 Å². The summed E-state index contributed by atoms with van der Waals surface area (Å²) in [5, 5.41) is 9.99. The second-order valence-electron chi connectivity index (χ2n) is 4.35. The van der Waals surface area contributed by atoms with E-state index in [1.807, 2.05) is 0 Å². The van der Waals surface area contributed by atoms with E-state index < -0.39 is 24.7 Å². The molecular formula is C13H18F3NO4. The lowest BCUT2D eigenvalue weighted by molar-refractivity contribution is -0.153. The van der Waals surface area contributed by atoms with Gasteiger partial charge in [-0.25, -0.2) is 0 Å². The number of aliphatic hydroxyl groups excluding tert-OH is 1. The Labute approximate surface area is 120 Å². The van der Waals surface area contributed by atoms with Crippen LogP contribution in [0.5, 0.6) is 17.2 Å². The molecular weight excluding hydrogens is 291 g/mol. The normalized spacial score (nSPS) is 14.5. The fourth-order valence-electron chi connectivity index (χ4n) is 1.81. The third-order valence-electron chi connectivity index (χ3n) is 2.99. The number of methoxy groups -OCH3 is 3. The second-order valence-corrected chi connectivity index (χ2v) is 4.35. The summed E-state index contributed by atoms with van der Waals surface area (Å²) in [6.45, 7) is 0. The van der Waals surface area contributed by atoms with Crippen LogP contribution >= 0.6 is 0 Å². The van der Waals surface area contributed by atoms with E-state index in [-0.39, 0.29) is 17.1 Å². The molecule has 1 aromatic rings. The summed E-state index contributed by atoms with van der Waals surface area (Å²) in [5.74, 6) is 0.799. The highest BCUT2D eigenvalue weighted by molar-refractivity contribution is 5.51. The van der Waals surface area contributed by atoms with Crippen molar-refractivity contribution in [1.29, 1.82) is 0 Å². The fourth-order valence-corrected chi connectivity index (χ4v) is 1.81. The molecule has 5 nitrogen and oxygen atoms in total. The van der Waals surface area contributed by atoms with Crippen molar-refractivity contribution in [2.45, 2.75) is 24.7 Å². The topological polar surface area (TPSA) is 73.9 Å². The highest BCUT2D eigenvalue weighted by Crippen LogP contribution is 2.39. The number of rotatable bonds is 6. The zero-order valence-corrected chi connectivity index (χ0v) is 11.9. The van der Waals surface area contributed by atoms with Crippen LogP contribution in [0.3, 0.4) is 0 Å². The Morgan fingerprint density at radius 2 is 1.52 bits per heavy atom. The maximum absolute atomic E-state index is 12.5. The van der Waals surface area contributed by atoms with Gasteiger partial charge in [0.05, 0.1) is 27.4 Å². The standard InChI is InChI=1S/C13H18F3NO4/c1-19-9-6-11(21-3)10(20-2)4-7(9)8(18)5-12(17)13(14,15)16/h4,6,8,12,18H,5,17H2,1-3H3/t8-,12-/m1/s1. The van der Waals surface area contributed by atoms with Crippen LogP contribution in [0.4, 0.5) is 13.2 Å². The smallest absolute Gasteiger partial charge is 0.403 e. The number of hydrogen-bond donors (Lipinski definition) is 2. The number of alkyl halides is 3. The Balaban J connectivity index is 3.10. The van der Waals surface area contributed by atoms with Gasteiger partial charge in [-0.3, -0.25) is 0 Å². The van der Waals surface area contributed by atoms with Crippen LogP contribution in [0.1, 0.15) is 18.1 Å². The second kappa shape index (κ2) is 6.86. The average Bonchev–Trinajstić information content (AvgIpc) is 2.44. The highest BCUT2D eigenvalue weighted by atomic mass is 19.4. The van der Waals surface area contributed by atoms with Crippen molar-refractivity contribution in [3.05, 3.63) is 17.7 Å². The third-order valence-corrected chi connectivity index (χ3v) is 2.99. The van der Waals surface area contributed by atoms with Crippen LogP contribution in [-0.4, -0.2) is 38.7 Å². The molecule has 0 saturated carbocycles. The minimum atomic E-state index is -4.58. The van der Waals surface area contributed by atoms with Crippen molar-refractivity contribution in [3.8, 4) is 17.2 Å². The van der Waals surface area contributed by atoms with Crippen LogP contribution in [-0.2, 0) is 0 Å². The van der Waals surface area contributed by atoms with Gasteiger partial charge in [-0.1, -0.05) is 0 Å². The van der Waals surface area contributed by atoms with E-state index in [1.54, 1.807) is 0 Å². The van der Waals surface area contributed by atoms with Gasteiger partial charge in [-0.05, 0) is 6.07 Å². The van der Waals surface area contributed by atoms with Crippen molar-refractivity contribution >= 4 is 0 Å². The van der Waals surface area contributed by atoms with Crippen LogP contribution in [0.2, 0.25) is 0 Å². The predicted octanol–water partition coefficient (Wildman–Crippen LogP) is 2.03. The quantitative estimate of drug-likeness (QED) is 0.841. The molecule has 1 rings (SSSR count). The van der Waals surface area contributed by atoms with Crippen molar-refractivity contribution in [2.24, 2.45) is 5.73 Å². The number of nitrogens with two attached hydrogens (primary N) is 1. The SMILES string of the molecule is COc1cc(OC)c([C@H](O)C[C@@H](N)C(F)(F)F)cc1OC. The van der Waals surface area contributed by atoms with E-state index in [2.05, 4.69) is 0 Å². The van der Waals surface area contributed by atoms with Gasteiger partial charge in [-0.2, -0.15) is 13.2 Å². The van der Waals surface area contributed by atoms with Gasteiger partial charge in [0.1, 0.15) is 11.8 Å². The van der Waals surface area contributed by atoms with Gasteiger partial charge in [-0.15, -0.1) is 0 Å². The molecule has 0 spiro atoms. The first-order chi connectivity index (χ1) is 9.74.